The standard InChI is InChI=1S/C14H24N4O/c1-2-8-16-13-9-15-10-14(18-13)17-11-6-4-3-5-7-12(11)19/h9-12,19H,2-8H2,1H3,(H2,16,17,18). The van der Waals surface area contributed by atoms with Crippen LogP contribution < -0.4 is 10.6 Å². The van der Waals surface area contributed by atoms with E-state index in [1.807, 2.05) is 0 Å². The van der Waals surface area contributed by atoms with Crippen molar-refractivity contribution in [1.82, 2.24) is 9.97 Å². The van der Waals surface area contributed by atoms with Crippen LogP contribution in [0, 0.1) is 0 Å². The quantitative estimate of drug-likeness (QED) is 0.712. The molecular weight excluding hydrogens is 240 g/mol. The highest BCUT2D eigenvalue weighted by atomic mass is 16.3. The average molecular weight is 264 g/mol. The van der Waals surface area contributed by atoms with E-state index in [1.165, 1.54) is 6.42 Å². The van der Waals surface area contributed by atoms with Gasteiger partial charge in [0, 0.05) is 6.54 Å². The fourth-order valence-corrected chi connectivity index (χ4v) is 2.42. The van der Waals surface area contributed by atoms with Gasteiger partial charge < -0.3 is 15.7 Å². The molecule has 1 heterocycles. The van der Waals surface area contributed by atoms with Gasteiger partial charge in [-0.1, -0.05) is 26.2 Å². The molecule has 0 spiro atoms. The summed E-state index contributed by atoms with van der Waals surface area (Å²) in [7, 11) is 0. The third-order valence-corrected chi connectivity index (χ3v) is 3.50. The van der Waals surface area contributed by atoms with E-state index in [-0.39, 0.29) is 12.1 Å². The van der Waals surface area contributed by atoms with Gasteiger partial charge in [0.15, 0.2) is 0 Å². The zero-order chi connectivity index (χ0) is 13.5. The summed E-state index contributed by atoms with van der Waals surface area (Å²) in [5, 5.41) is 16.6. The maximum atomic E-state index is 10.1. The lowest BCUT2D eigenvalue weighted by atomic mass is 10.1. The van der Waals surface area contributed by atoms with Crippen molar-refractivity contribution < 1.29 is 5.11 Å². The lowest BCUT2D eigenvalue weighted by molar-refractivity contribution is 0.144. The molecule has 5 heteroatoms. The predicted octanol–water partition coefficient (Wildman–Crippen LogP) is 2.40. The zero-order valence-electron chi connectivity index (χ0n) is 11.6. The van der Waals surface area contributed by atoms with Gasteiger partial charge in [-0.05, 0) is 19.3 Å². The molecule has 0 aliphatic heterocycles. The van der Waals surface area contributed by atoms with Gasteiger partial charge in [-0.25, -0.2) is 4.98 Å². The van der Waals surface area contributed by atoms with E-state index in [4.69, 9.17) is 0 Å². The minimum absolute atomic E-state index is 0.0956. The first kappa shape index (κ1) is 14.1. The molecule has 2 unspecified atom stereocenters. The summed E-state index contributed by atoms with van der Waals surface area (Å²) >= 11 is 0. The molecule has 0 bridgehead atoms. The van der Waals surface area contributed by atoms with E-state index in [2.05, 4.69) is 27.5 Å². The Hall–Kier alpha value is -1.36. The van der Waals surface area contributed by atoms with Crippen molar-refractivity contribution in [2.24, 2.45) is 0 Å². The number of hydrogen-bond donors (Lipinski definition) is 3. The number of anilines is 2. The monoisotopic (exact) mass is 264 g/mol. The second-order valence-electron chi connectivity index (χ2n) is 5.17. The summed E-state index contributed by atoms with van der Waals surface area (Å²) in [6.45, 7) is 3.01. The maximum absolute atomic E-state index is 10.1. The van der Waals surface area contributed by atoms with E-state index in [0.29, 0.717) is 0 Å². The Morgan fingerprint density at radius 1 is 1.21 bits per heavy atom. The maximum Gasteiger partial charge on any atom is 0.147 e. The van der Waals surface area contributed by atoms with Crippen LogP contribution in [0.15, 0.2) is 12.4 Å². The number of nitrogens with zero attached hydrogens (tertiary/aromatic N) is 2. The molecule has 0 radical (unpaired) electrons. The van der Waals surface area contributed by atoms with Crippen LogP contribution in [0.1, 0.15) is 45.4 Å². The SMILES string of the molecule is CCCNc1cncc(NC2CCCCCC2O)n1. The van der Waals surface area contributed by atoms with E-state index in [1.54, 1.807) is 12.4 Å². The van der Waals surface area contributed by atoms with Crippen molar-refractivity contribution in [3.05, 3.63) is 12.4 Å². The van der Waals surface area contributed by atoms with Gasteiger partial charge in [0.25, 0.3) is 0 Å². The van der Waals surface area contributed by atoms with Crippen LogP contribution in [0.5, 0.6) is 0 Å². The normalized spacial score (nSPS) is 23.7. The Labute approximate surface area is 114 Å². The Morgan fingerprint density at radius 3 is 2.84 bits per heavy atom. The van der Waals surface area contributed by atoms with Gasteiger partial charge >= 0.3 is 0 Å². The Kier molecular flexibility index (Phi) is 5.39. The predicted molar refractivity (Wildman–Crippen MR) is 77.3 cm³/mol. The molecule has 1 saturated carbocycles. The summed E-state index contributed by atoms with van der Waals surface area (Å²) < 4.78 is 0. The van der Waals surface area contributed by atoms with E-state index < -0.39 is 0 Å². The van der Waals surface area contributed by atoms with Gasteiger partial charge in [-0.2, -0.15) is 0 Å². The van der Waals surface area contributed by atoms with Crippen LogP contribution >= 0.6 is 0 Å². The van der Waals surface area contributed by atoms with E-state index in [0.717, 1.165) is 50.3 Å². The first-order valence-corrected chi connectivity index (χ1v) is 7.30. The molecule has 2 rings (SSSR count). The lowest BCUT2D eigenvalue weighted by Gasteiger charge is -2.22. The van der Waals surface area contributed by atoms with Crippen LogP contribution in [0.2, 0.25) is 0 Å². The van der Waals surface area contributed by atoms with Gasteiger partial charge in [0.1, 0.15) is 11.6 Å². The summed E-state index contributed by atoms with van der Waals surface area (Å²) in [6, 6.07) is 0.0956. The molecular formula is C14H24N4O. The Morgan fingerprint density at radius 2 is 2.00 bits per heavy atom. The zero-order valence-corrected chi connectivity index (χ0v) is 11.6. The number of hydrogen-bond acceptors (Lipinski definition) is 5. The molecule has 0 saturated heterocycles. The average Bonchev–Trinajstić information content (AvgIpc) is 2.62. The molecule has 3 N–H and O–H groups in total. The van der Waals surface area contributed by atoms with Crippen molar-refractivity contribution in [2.45, 2.75) is 57.6 Å². The topological polar surface area (TPSA) is 70.1 Å². The summed E-state index contributed by atoms with van der Waals surface area (Å²) in [5.74, 6) is 1.53. The molecule has 1 aliphatic rings. The summed E-state index contributed by atoms with van der Waals surface area (Å²) in [4.78, 5) is 8.66. The van der Waals surface area contributed by atoms with E-state index in [9.17, 15) is 5.11 Å². The summed E-state index contributed by atoms with van der Waals surface area (Å²) in [6.07, 6.45) is 9.57. The van der Waals surface area contributed by atoms with E-state index >= 15 is 0 Å². The van der Waals surface area contributed by atoms with Gasteiger partial charge in [-0.15, -0.1) is 0 Å². The largest absolute Gasteiger partial charge is 0.391 e. The molecule has 5 nitrogen and oxygen atoms in total. The third kappa shape index (κ3) is 4.35. The molecule has 106 valence electrons. The Bertz CT molecular complexity index is 385. The first-order valence-electron chi connectivity index (χ1n) is 7.30. The van der Waals surface area contributed by atoms with Crippen molar-refractivity contribution in [3.63, 3.8) is 0 Å². The van der Waals surface area contributed by atoms with Crippen LogP contribution in [-0.4, -0.2) is 33.8 Å². The molecule has 1 fully saturated rings. The highest BCUT2D eigenvalue weighted by Crippen LogP contribution is 2.21. The molecule has 1 aliphatic carbocycles. The van der Waals surface area contributed by atoms with Gasteiger partial charge in [-0.3, -0.25) is 4.98 Å². The number of aliphatic hydroxyl groups is 1. The van der Waals surface area contributed by atoms with Crippen LogP contribution in [0.4, 0.5) is 11.6 Å². The molecule has 1 aromatic rings. The van der Waals surface area contributed by atoms with Crippen LogP contribution in [-0.2, 0) is 0 Å². The molecule has 0 aromatic carbocycles. The minimum atomic E-state index is -0.281. The molecule has 1 aromatic heterocycles. The first-order chi connectivity index (χ1) is 9.29. The third-order valence-electron chi connectivity index (χ3n) is 3.50. The summed E-state index contributed by atoms with van der Waals surface area (Å²) in [5.41, 5.74) is 0. The van der Waals surface area contributed by atoms with Crippen molar-refractivity contribution in [1.29, 1.82) is 0 Å². The second-order valence-corrected chi connectivity index (χ2v) is 5.17. The number of nitrogens with one attached hydrogen (secondary N) is 2. The lowest BCUT2D eigenvalue weighted by Crippen LogP contribution is -2.32. The highest BCUT2D eigenvalue weighted by Gasteiger charge is 2.21. The number of rotatable bonds is 5. The Balaban J connectivity index is 1.97. The fraction of sp³-hybridized carbons (Fsp3) is 0.714. The van der Waals surface area contributed by atoms with Crippen LogP contribution in [0.25, 0.3) is 0 Å². The molecule has 2 atom stereocenters. The number of aliphatic hydroxyl groups excluding tert-OH is 1. The van der Waals surface area contributed by atoms with Crippen molar-refractivity contribution in [2.75, 3.05) is 17.2 Å². The second kappa shape index (κ2) is 7.28. The number of aromatic nitrogens is 2. The highest BCUT2D eigenvalue weighted by molar-refractivity contribution is 5.42. The fourth-order valence-electron chi connectivity index (χ4n) is 2.42. The van der Waals surface area contributed by atoms with Gasteiger partial charge in [0.2, 0.25) is 0 Å². The molecule has 0 amide bonds. The smallest absolute Gasteiger partial charge is 0.147 e. The van der Waals surface area contributed by atoms with Gasteiger partial charge in [0.05, 0.1) is 24.5 Å². The molecule has 19 heavy (non-hydrogen) atoms. The van der Waals surface area contributed by atoms with Crippen molar-refractivity contribution in [3.8, 4) is 0 Å². The van der Waals surface area contributed by atoms with Crippen LogP contribution in [0.3, 0.4) is 0 Å². The minimum Gasteiger partial charge on any atom is -0.391 e. The van der Waals surface area contributed by atoms with Crippen molar-refractivity contribution >= 4 is 11.6 Å².